The lowest BCUT2D eigenvalue weighted by Crippen LogP contribution is -2.30. The Morgan fingerprint density at radius 2 is 2.28 bits per heavy atom. The number of rotatable bonds is 5. The van der Waals surface area contributed by atoms with E-state index in [-0.39, 0.29) is 5.91 Å². The fraction of sp³-hybridized carbons (Fsp3) is 0.571. The molecule has 0 radical (unpaired) electrons. The number of hydrogen-bond acceptors (Lipinski definition) is 3. The molecule has 4 heteroatoms. The van der Waals surface area contributed by atoms with Crippen LogP contribution in [0.3, 0.4) is 0 Å². The summed E-state index contributed by atoms with van der Waals surface area (Å²) in [6.07, 6.45) is 6.10. The molecule has 4 nitrogen and oxygen atoms in total. The number of amides is 1. The van der Waals surface area contributed by atoms with Gasteiger partial charge in [-0.3, -0.25) is 9.78 Å². The summed E-state index contributed by atoms with van der Waals surface area (Å²) in [5, 5.41) is 3.18. The maximum atomic E-state index is 12.1. The van der Waals surface area contributed by atoms with Crippen molar-refractivity contribution in [3.63, 3.8) is 0 Å². The van der Waals surface area contributed by atoms with Gasteiger partial charge in [0.05, 0.1) is 0 Å². The van der Waals surface area contributed by atoms with Crippen LogP contribution in [0.4, 0.5) is 0 Å². The second-order valence-electron chi connectivity index (χ2n) is 4.91. The van der Waals surface area contributed by atoms with Gasteiger partial charge in [0, 0.05) is 31.9 Å². The van der Waals surface area contributed by atoms with Crippen molar-refractivity contribution in [2.45, 2.75) is 19.3 Å². The van der Waals surface area contributed by atoms with E-state index in [1.54, 1.807) is 12.4 Å². The molecule has 1 aliphatic heterocycles. The molecule has 0 bridgehead atoms. The minimum atomic E-state index is 0.283. The number of nitrogens with zero attached hydrogens (tertiary/aromatic N) is 2. The fourth-order valence-corrected chi connectivity index (χ4v) is 2.47. The van der Waals surface area contributed by atoms with E-state index < -0.39 is 0 Å². The van der Waals surface area contributed by atoms with Crippen molar-refractivity contribution in [1.82, 2.24) is 15.2 Å². The zero-order chi connectivity index (χ0) is 12.8. The highest BCUT2D eigenvalue weighted by Gasteiger charge is 2.25. The molecule has 1 N–H and O–H groups in total. The van der Waals surface area contributed by atoms with Crippen molar-refractivity contribution in [2.75, 3.05) is 26.7 Å². The number of likely N-dealkylation sites (tertiary alicyclic amines) is 1. The highest BCUT2D eigenvalue weighted by Crippen LogP contribution is 2.16. The van der Waals surface area contributed by atoms with E-state index in [4.69, 9.17) is 0 Å². The standard InChI is InChI=1S/C14H21N3O/c1-15-10-13-6-9-17(11-13)14(18)3-2-12-4-7-16-8-5-12/h4-5,7-8,13,15H,2-3,6,9-11H2,1H3. The number of aromatic nitrogens is 1. The molecule has 0 aromatic carbocycles. The second kappa shape index (κ2) is 6.50. The quantitative estimate of drug-likeness (QED) is 0.847. The van der Waals surface area contributed by atoms with Gasteiger partial charge in [0.2, 0.25) is 5.91 Å². The summed E-state index contributed by atoms with van der Waals surface area (Å²) in [5.41, 5.74) is 1.18. The molecular formula is C14H21N3O. The highest BCUT2D eigenvalue weighted by atomic mass is 16.2. The van der Waals surface area contributed by atoms with Crippen molar-refractivity contribution in [2.24, 2.45) is 5.92 Å². The molecule has 1 aliphatic rings. The fourth-order valence-electron chi connectivity index (χ4n) is 2.47. The average Bonchev–Trinajstić information content (AvgIpc) is 2.86. The molecule has 2 heterocycles. The topological polar surface area (TPSA) is 45.2 Å². The molecule has 1 unspecified atom stereocenters. The van der Waals surface area contributed by atoms with E-state index in [9.17, 15) is 4.79 Å². The van der Waals surface area contributed by atoms with E-state index in [1.165, 1.54) is 5.56 Å². The summed E-state index contributed by atoms with van der Waals surface area (Å²) in [6, 6.07) is 3.95. The Morgan fingerprint density at radius 3 is 3.00 bits per heavy atom. The second-order valence-corrected chi connectivity index (χ2v) is 4.91. The van der Waals surface area contributed by atoms with E-state index in [1.807, 2.05) is 24.1 Å². The maximum Gasteiger partial charge on any atom is 0.222 e. The van der Waals surface area contributed by atoms with Gasteiger partial charge >= 0.3 is 0 Å². The predicted octanol–water partition coefficient (Wildman–Crippen LogP) is 1.08. The monoisotopic (exact) mass is 247 g/mol. The molecule has 1 aromatic rings. The van der Waals surface area contributed by atoms with Crippen LogP contribution in [0.2, 0.25) is 0 Å². The van der Waals surface area contributed by atoms with Crippen molar-refractivity contribution < 1.29 is 4.79 Å². The number of carbonyl (C=O) groups is 1. The lowest BCUT2D eigenvalue weighted by molar-refractivity contribution is -0.130. The van der Waals surface area contributed by atoms with Crippen LogP contribution < -0.4 is 5.32 Å². The zero-order valence-electron chi connectivity index (χ0n) is 10.9. The Hall–Kier alpha value is -1.42. The molecule has 0 saturated carbocycles. The summed E-state index contributed by atoms with van der Waals surface area (Å²) in [7, 11) is 1.97. The van der Waals surface area contributed by atoms with Gasteiger partial charge in [-0.25, -0.2) is 0 Å². The minimum Gasteiger partial charge on any atom is -0.342 e. The Morgan fingerprint density at radius 1 is 1.50 bits per heavy atom. The maximum absolute atomic E-state index is 12.1. The molecule has 1 atom stereocenters. The predicted molar refractivity (Wildman–Crippen MR) is 71.2 cm³/mol. The number of nitrogens with one attached hydrogen (secondary N) is 1. The first kappa shape index (κ1) is 13.0. The first-order chi connectivity index (χ1) is 8.79. The average molecular weight is 247 g/mol. The van der Waals surface area contributed by atoms with E-state index >= 15 is 0 Å². The number of hydrogen-bond donors (Lipinski definition) is 1. The van der Waals surface area contributed by atoms with Gasteiger partial charge in [-0.1, -0.05) is 0 Å². The van der Waals surface area contributed by atoms with Crippen LogP contribution in [0.25, 0.3) is 0 Å². The molecule has 18 heavy (non-hydrogen) atoms. The van der Waals surface area contributed by atoms with Gasteiger partial charge in [0.1, 0.15) is 0 Å². The largest absolute Gasteiger partial charge is 0.342 e. The highest BCUT2D eigenvalue weighted by molar-refractivity contribution is 5.76. The van der Waals surface area contributed by atoms with Crippen molar-refractivity contribution in [1.29, 1.82) is 0 Å². The smallest absolute Gasteiger partial charge is 0.222 e. The lowest BCUT2D eigenvalue weighted by atomic mass is 10.1. The molecule has 2 rings (SSSR count). The van der Waals surface area contributed by atoms with Crippen LogP contribution >= 0.6 is 0 Å². The van der Waals surface area contributed by atoms with Crippen LogP contribution in [0, 0.1) is 5.92 Å². The Labute approximate surface area is 108 Å². The van der Waals surface area contributed by atoms with Crippen LogP contribution in [-0.2, 0) is 11.2 Å². The summed E-state index contributed by atoms with van der Waals surface area (Å²) >= 11 is 0. The van der Waals surface area contributed by atoms with E-state index in [0.717, 1.165) is 32.5 Å². The first-order valence-electron chi connectivity index (χ1n) is 6.61. The molecule has 0 spiro atoms. The van der Waals surface area contributed by atoms with Crippen LogP contribution in [0.5, 0.6) is 0 Å². The molecule has 1 aromatic heterocycles. The molecule has 1 fully saturated rings. The van der Waals surface area contributed by atoms with Crippen molar-refractivity contribution in [3.8, 4) is 0 Å². The minimum absolute atomic E-state index is 0.283. The third kappa shape index (κ3) is 3.53. The molecular weight excluding hydrogens is 226 g/mol. The van der Waals surface area contributed by atoms with Gasteiger partial charge in [0.25, 0.3) is 0 Å². The molecule has 1 amide bonds. The van der Waals surface area contributed by atoms with Crippen LogP contribution in [-0.4, -0.2) is 42.5 Å². The SMILES string of the molecule is CNCC1CCN(C(=O)CCc2ccncc2)C1. The number of carbonyl (C=O) groups excluding carboxylic acids is 1. The summed E-state index contributed by atoms with van der Waals surface area (Å²) in [4.78, 5) is 18.0. The molecule has 1 saturated heterocycles. The van der Waals surface area contributed by atoms with Gasteiger partial charge in [-0.15, -0.1) is 0 Å². The van der Waals surface area contributed by atoms with Crippen LogP contribution in [0.1, 0.15) is 18.4 Å². The third-order valence-electron chi connectivity index (χ3n) is 3.51. The van der Waals surface area contributed by atoms with Crippen molar-refractivity contribution >= 4 is 5.91 Å². The van der Waals surface area contributed by atoms with Crippen molar-refractivity contribution in [3.05, 3.63) is 30.1 Å². The van der Waals surface area contributed by atoms with Gasteiger partial charge in [0.15, 0.2) is 0 Å². The Kier molecular flexibility index (Phi) is 4.70. The summed E-state index contributed by atoms with van der Waals surface area (Å²) < 4.78 is 0. The van der Waals surface area contributed by atoms with Gasteiger partial charge < -0.3 is 10.2 Å². The number of aryl methyl sites for hydroxylation is 1. The van der Waals surface area contributed by atoms with E-state index in [0.29, 0.717) is 12.3 Å². The van der Waals surface area contributed by atoms with E-state index in [2.05, 4.69) is 10.3 Å². The summed E-state index contributed by atoms with van der Waals surface area (Å²) in [5.74, 6) is 0.908. The lowest BCUT2D eigenvalue weighted by Gasteiger charge is -2.16. The summed E-state index contributed by atoms with van der Waals surface area (Å²) in [6.45, 7) is 2.84. The normalized spacial score (nSPS) is 19.2. The zero-order valence-corrected chi connectivity index (χ0v) is 10.9. The third-order valence-corrected chi connectivity index (χ3v) is 3.51. The van der Waals surface area contributed by atoms with Gasteiger partial charge in [-0.2, -0.15) is 0 Å². The van der Waals surface area contributed by atoms with Crippen LogP contribution in [0.15, 0.2) is 24.5 Å². The molecule has 0 aliphatic carbocycles. The Balaban J connectivity index is 1.76. The molecule has 98 valence electrons. The Bertz CT molecular complexity index is 380. The first-order valence-corrected chi connectivity index (χ1v) is 6.61. The van der Waals surface area contributed by atoms with Gasteiger partial charge in [-0.05, 0) is 50.0 Å². The number of pyridine rings is 1.